The highest BCUT2D eigenvalue weighted by atomic mass is 32.2. The van der Waals surface area contributed by atoms with Crippen LogP contribution in [0.5, 0.6) is 0 Å². The molecule has 1 atom stereocenters. The number of hydrogen-bond acceptors (Lipinski definition) is 3. The summed E-state index contributed by atoms with van der Waals surface area (Å²) in [4.78, 5) is 1.27. The zero-order chi connectivity index (χ0) is 10.2. The predicted octanol–water partition coefficient (Wildman–Crippen LogP) is 2.14. The van der Waals surface area contributed by atoms with Crippen molar-refractivity contribution in [1.29, 1.82) is 0 Å². The first-order valence-electron chi connectivity index (χ1n) is 4.86. The summed E-state index contributed by atoms with van der Waals surface area (Å²) in [7, 11) is 0. The van der Waals surface area contributed by atoms with Crippen molar-refractivity contribution in [2.75, 3.05) is 18.9 Å². The van der Waals surface area contributed by atoms with Crippen LogP contribution in [0.15, 0.2) is 35.2 Å². The molecule has 2 N–H and O–H groups in total. The van der Waals surface area contributed by atoms with Crippen molar-refractivity contribution >= 4 is 11.8 Å². The first-order chi connectivity index (χ1) is 6.86. The van der Waals surface area contributed by atoms with E-state index in [1.54, 1.807) is 11.8 Å². The van der Waals surface area contributed by atoms with Crippen molar-refractivity contribution < 1.29 is 4.74 Å². The van der Waals surface area contributed by atoms with Crippen LogP contribution >= 0.6 is 11.8 Å². The van der Waals surface area contributed by atoms with E-state index in [0.717, 1.165) is 12.4 Å². The topological polar surface area (TPSA) is 35.2 Å². The van der Waals surface area contributed by atoms with Gasteiger partial charge < -0.3 is 10.5 Å². The van der Waals surface area contributed by atoms with Gasteiger partial charge in [0.1, 0.15) is 0 Å². The summed E-state index contributed by atoms with van der Waals surface area (Å²) in [6.07, 6.45) is 0.171. The highest BCUT2D eigenvalue weighted by molar-refractivity contribution is 7.99. The molecule has 1 rings (SSSR count). The Morgan fingerprint density at radius 1 is 1.36 bits per heavy atom. The van der Waals surface area contributed by atoms with E-state index in [-0.39, 0.29) is 6.10 Å². The lowest BCUT2D eigenvalue weighted by atomic mass is 10.4. The Hall–Kier alpha value is -0.510. The van der Waals surface area contributed by atoms with Crippen molar-refractivity contribution in [3.05, 3.63) is 30.3 Å². The van der Waals surface area contributed by atoms with E-state index >= 15 is 0 Å². The maximum atomic E-state index is 5.58. The molecular formula is C11H17NOS. The third kappa shape index (κ3) is 4.13. The quantitative estimate of drug-likeness (QED) is 0.732. The summed E-state index contributed by atoms with van der Waals surface area (Å²) in [5.74, 6) is 0.925. The summed E-state index contributed by atoms with van der Waals surface area (Å²) in [6, 6.07) is 10.3. The lowest BCUT2D eigenvalue weighted by molar-refractivity contribution is 0.0858. The molecule has 0 fully saturated rings. The van der Waals surface area contributed by atoms with Crippen molar-refractivity contribution in [2.45, 2.75) is 17.9 Å². The fourth-order valence-electron chi connectivity index (χ4n) is 1.13. The van der Waals surface area contributed by atoms with Crippen molar-refractivity contribution in [1.82, 2.24) is 0 Å². The number of thioether (sulfide) groups is 1. The van der Waals surface area contributed by atoms with E-state index in [9.17, 15) is 0 Å². The van der Waals surface area contributed by atoms with Crippen molar-refractivity contribution in [3.8, 4) is 0 Å². The van der Waals surface area contributed by atoms with Gasteiger partial charge in [-0.2, -0.15) is 0 Å². The molecule has 1 unspecified atom stereocenters. The van der Waals surface area contributed by atoms with Crippen molar-refractivity contribution in [2.24, 2.45) is 5.73 Å². The maximum Gasteiger partial charge on any atom is 0.0790 e. The smallest absolute Gasteiger partial charge is 0.0790 e. The third-order valence-electron chi connectivity index (χ3n) is 1.84. The fourth-order valence-corrected chi connectivity index (χ4v) is 2.09. The van der Waals surface area contributed by atoms with Gasteiger partial charge >= 0.3 is 0 Å². The molecule has 0 heterocycles. The summed E-state index contributed by atoms with van der Waals surface area (Å²) in [5.41, 5.74) is 5.58. The second kappa shape index (κ2) is 6.87. The van der Waals surface area contributed by atoms with Gasteiger partial charge in [-0.1, -0.05) is 18.2 Å². The van der Waals surface area contributed by atoms with Crippen LogP contribution in [0.25, 0.3) is 0 Å². The molecule has 0 aliphatic heterocycles. The number of rotatable bonds is 6. The van der Waals surface area contributed by atoms with E-state index in [0.29, 0.717) is 6.54 Å². The van der Waals surface area contributed by atoms with E-state index < -0.39 is 0 Å². The van der Waals surface area contributed by atoms with Crippen LogP contribution in [-0.4, -0.2) is 25.0 Å². The number of ether oxygens (including phenoxy) is 1. The first kappa shape index (κ1) is 11.6. The largest absolute Gasteiger partial charge is 0.376 e. The van der Waals surface area contributed by atoms with Gasteiger partial charge in [0.15, 0.2) is 0 Å². The predicted molar refractivity (Wildman–Crippen MR) is 61.6 cm³/mol. The fraction of sp³-hybridized carbons (Fsp3) is 0.455. The Morgan fingerprint density at radius 3 is 2.64 bits per heavy atom. The lowest BCUT2D eigenvalue weighted by Crippen LogP contribution is -2.26. The molecular weight excluding hydrogens is 194 g/mol. The second-order valence-corrected chi connectivity index (χ2v) is 4.03. The van der Waals surface area contributed by atoms with Crippen LogP contribution in [0.4, 0.5) is 0 Å². The molecule has 0 spiro atoms. The number of benzene rings is 1. The number of hydrogen-bond donors (Lipinski definition) is 1. The molecule has 0 bridgehead atoms. The lowest BCUT2D eigenvalue weighted by Gasteiger charge is -2.13. The van der Waals surface area contributed by atoms with E-state index in [1.807, 2.05) is 25.1 Å². The van der Waals surface area contributed by atoms with Crippen molar-refractivity contribution in [3.63, 3.8) is 0 Å². The SMILES string of the molecule is CCOC(CN)CSc1ccccc1. The monoisotopic (exact) mass is 211 g/mol. The summed E-state index contributed by atoms with van der Waals surface area (Å²) in [5, 5.41) is 0. The van der Waals surface area contributed by atoms with E-state index in [2.05, 4.69) is 12.1 Å². The van der Waals surface area contributed by atoms with Crippen LogP contribution < -0.4 is 5.73 Å². The normalized spacial score (nSPS) is 12.7. The van der Waals surface area contributed by atoms with Gasteiger partial charge in [-0.3, -0.25) is 0 Å². The molecule has 78 valence electrons. The second-order valence-electron chi connectivity index (χ2n) is 2.94. The van der Waals surface area contributed by atoms with E-state index in [1.165, 1.54) is 4.90 Å². The molecule has 0 aromatic heterocycles. The molecule has 0 saturated heterocycles. The van der Waals surface area contributed by atoms with Gasteiger partial charge in [-0.05, 0) is 19.1 Å². The molecule has 1 aromatic rings. The Kier molecular flexibility index (Phi) is 5.68. The van der Waals surface area contributed by atoms with Crippen LogP contribution in [0.2, 0.25) is 0 Å². The van der Waals surface area contributed by atoms with Gasteiger partial charge in [0.2, 0.25) is 0 Å². The molecule has 0 radical (unpaired) electrons. The van der Waals surface area contributed by atoms with Gasteiger partial charge in [-0.25, -0.2) is 0 Å². The summed E-state index contributed by atoms with van der Waals surface area (Å²) in [6.45, 7) is 3.32. The molecule has 2 nitrogen and oxygen atoms in total. The summed E-state index contributed by atoms with van der Waals surface area (Å²) >= 11 is 1.79. The molecule has 0 saturated carbocycles. The van der Waals surface area contributed by atoms with Gasteiger partial charge in [0.05, 0.1) is 6.10 Å². The molecule has 0 aliphatic rings. The molecule has 3 heteroatoms. The molecule has 0 amide bonds. The van der Waals surface area contributed by atoms with Crippen LogP contribution in [-0.2, 0) is 4.74 Å². The van der Waals surface area contributed by atoms with Gasteiger partial charge in [-0.15, -0.1) is 11.8 Å². The zero-order valence-corrected chi connectivity index (χ0v) is 9.30. The average Bonchev–Trinajstić information content (AvgIpc) is 2.25. The Bertz CT molecular complexity index is 240. The minimum absolute atomic E-state index is 0.171. The van der Waals surface area contributed by atoms with Crippen LogP contribution in [0.1, 0.15) is 6.92 Å². The molecule has 14 heavy (non-hydrogen) atoms. The zero-order valence-electron chi connectivity index (χ0n) is 8.48. The highest BCUT2D eigenvalue weighted by Crippen LogP contribution is 2.18. The minimum Gasteiger partial charge on any atom is -0.376 e. The first-order valence-corrected chi connectivity index (χ1v) is 5.85. The highest BCUT2D eigenvalue weighted by Gasteiger charge is 2.05. The third-order valence-corrected chi connectivity index (χ3v) is 2.99. The average molecular weight is 211 g/mol. The van der Waals surface area contributed by atoms with Crippen LogP contribution in [0.3, 0.4) is 0 Å². The summed E-state index contributed by atoms with van der Waals surface area (Å²) < 4.78 is 5.47. The Balaban J connectivity index is 2.32. The minimum atomic E-state index is 0.171. The van der Waals surface area contributed by atoms with Crippen LogP contribution in [0, 0.1) is 0 Å². The Labute approximate surface area is 89.8 Å². The van der Waals surface area contributed by atoms with Gasteiger partial charge in [0, 0.05) is 23.8 Å². The molecule has 1 aromatic carbocycles. The molecule has 0 aliphatic carbocycles. The standard InChI is InChI=1S/C11H17NOS/c1-2-13-10(8-12)9-14-11-6-4-3-5-7-11/h3-7,10H,2,8-9,12H2,1H3. The number of nitrogens with two attached hydrogens (primary N) is 1. The van der Waals surface area contributed by atoms with Gasteiger partial charge in [0.25, 0.3) is 0 Å². The van der Waals surface area contributed by atoms with E-state index in [4.69, 9.17) is 10.5 Å². The Morgan fingerprint density at radius 2 is 2.07 bits per heavy atom. The maximum absolute atomic E-state index is 5.58.